The van der Waals surface area contributed by atoms with E-state index in [0.29, 0.717) is 11.5 Å². The van der Waals surface area contributed by atoms with Crippen LogP contribution in [0.2, 0.25) is 0 Å². The van der Waals surface area contributed by atoms with Crippen LogP contribution in [0.15, 0.2) is 58.3 Å². The Hall–Kier alpha value is -2.09. The molecule has 0 saturated heterocycles. The molecule has 0 aliphatic rings. The monoisotopic (exact) mass is 338 g/mol. The molecule has 0 spiro atoms. The first-order valence-corrected chi connectivity index (χ1v) is 8.49. The van der Waals surface area contributed by atoms with E-state index >= 15 is 0 Å². The van der Waals surface area contributed by atoms with Gasteiger partial charge in [-0.05, 0) is 36.4 Å². The molecular formula is C16H18O6S. The summed E-state index contributed by atoms with van der Waals surface area (Å²) in [6.07, 6.45) is 0. The summed E-state index contributed by atoms with van der Waals surface area (Å²) in [7, 11) is -3.72. The van der Waals surface area contributed by atoms with Crippen LogP contribution < -0.4 is 9.47 Å². The molecule has 0 fully saturated rings. The Balaban J connectivity index is 2.31. The van der Waals surface area contributed by atoms with Crippen LogP contribution in [0.5, 0.6) is 11.5 Å². The smallest absolute Gasteiger partial charge is 0.206 e. The predicted octanol–water partition coefficient (Wildman–Crippen LogP) is 1.26. The van der Waals surface area contributed by atoms with E-state index in [1.165, 1.54) is 24.3 Å². The number of hydrogen-bond acceptors (Lipinski definition) is 6. The number of hydrogen-bond donors (Lipinski definition) is 2. The van der Waals surface area contributed by atoms with Gasteiger partial charge in [-0.2, -0.15) is 0 Å². The second-order valence-electron chi connectivity index (χ2n) is 4.60. The van der Waals surface area contributed by atoms with Crippen molar-refractivity contribution in [1.82, 2.24) is 0 Å². The van der Waals surface area contributed by atoms with Crippen LogP contribution in [-0.2, 0) is 9.84 Å². The van der Waals surface area contributed by atoms with E-state index < -0.39 is 9.84 Å². The Morgan fingerprint density at radius 1 is 0.783 bits per heavy atom. The largest absolute Gasteiger partial charge is 0.491 e. The quantitative estimate of drug-likeness (QED) is 0.753. The molecule has 2 N–H and O–H groups in total. The van der Waals surface area contributed by atoms with Crippen molar-refractivity contribution >= 4 is 9.84 Å². The second kappa shape index (κ2) is 7.96. The number of ether oxygens (including phenoxy) is 2. The van der Waals surface area contributed by atoms with Gasteiger partial charge in [-0.3, -0.25) is 0 Å². The van der Waals surface area contributed by atoms with Crippen LogP contribution in [0.3, 0.4) is 0 Å². The van der Waals surface area contributed by atoms with Crippen molar-refractivity contribution in [3.63, 3.8) is 0 Å². The molecule has 0 unspecified atom stereocenters. The summed E-state index contributed by atoms with van der Waals surface area (Å²) in [4.78, 5) is 0.180. The summed E-state index contributed by atoms with van der Waals surface area (Å²) < 4.78 is 35.8. The summed E-state index contributed by atoms with van der Waals surface area (Å²) in [5.41, 5.74) is 0. The van der Waals surface area contributed by atoms with Crippen LogP contribution >= 0.6 is 0 Å². The van der Waals surface area contributed by atoms with E-state index in [-0.39, 0.29) is 36.2 Å². The normalized spacial score (nSPS) is 11.2. The lowest BCUT2D eigenvalue weighted by Gasteiger charge is -2.10. The number of aliphatic hydroxyl groups excluding tert-OH is 2. The molecule has 0 aliphatic heterocycles. The maximum atomic E-state index is 12.7. The fourth-order valence-corrected chi connectivity index (χ4v) is 3.26. The van der Waals surface area contributed by atoms with Gasteiger partial charge in [0.05, 0.1) is 23.0 Å². The van der Waals surface area contributed by atoms with Gasteiger partial charge in [0.25, 0.3) is 0 Å². The molecule has 0 aromatic heterocycles. The molecule has 124 valence electrons. The van der Waals surface area contributed by atoms with Gasteiger partial charge in [-0.15, -0.1) is 0 Å². The van der Waals surface area contributed by atoms with Crippen molar-refractivity contribution in [3.05, 3.63) is 48.5 Å². The first-order valence-electron chi connectivity index (χ1n) is 7.00. The van der Waals surface area contributed by atoms with E-state index in [9.17, 15) is 8.42 Å². The Kier molecular flexibility index (Phi) is 5.97. The Labute approximate surface area is 134 Å². The second-order valence-corrected chi connectivity index (χ2v) is 6.55. The van der Waals surface area contributed by atoms with Crippen molar-refractivity contribution in [1.29, 1.82) is 0 Å². The Morgan fingerprint density at radius 2 is 1.22 bits per heavy atom. The number of benzene rings is 2. The molecule has 0 aliphatic carbocycles. The molecule has 0 saturated carbocycles. The molecule has 2 aromatic rings. The summed E-state index contributed by atoms with van der Waals surface area (Å²) in [6.45, 7) is -0.121. The Morgan fingerprint density at radius 3 is 1.61 bits per heavy atom. The first-order chi connectivity index (χ1) is 11.1. The lowest BCUT2D eigenvalue weighted by atomic mass is 10.3. The van der Waals surface area contributed by atoms with Gasteiger partial charge < -0.3 is 19.7 Å². The minimum absolute atomic E-state index is 0.0900. The van der Waals surface area contributed by atoms with Crippen LogP contribution in [0, 0.1) is 0 Å². The fraction of sp³-hybridized carbons (Fsp3) is 0.250. The molecule has 2 rings (SSSR count). The minimum atomic E-state index is -3.72. The highest BCUT2D eigenvalue weighted by Gasteiger charge is 2.19. The van der Waals surface area contributed by atoms with Gasteiger partial charge >= 0.3 is 0 Å². The van der Waals surface area contributed by atoms with Crippen LogP contribution in [0.25, 0.3) is 0 Å². The van der Waals surface area contributed by atoms with E-state index in [1.807, 2.05) is 0 Å². The molecule has 0 radical (unpaired) electrons. The summed E-state index contributed by atoms with van der Waals surface area (Å²) in [5, 5.41) is 17.5. The number of rotatable bonds is 8. The van der Waals surface area contributed by atoms with Crippen molar-refractivity contribution in [2.75, 3.05) is 26.4 Å². The molecule has 2 aromatic carbocycles. The maximum Gasteiger partial charge on any atom is 0.206 e. The van der Waals surface area contributed by atoms with Crippen molar-refractivity contribution in [2.45, 2.75) is 9.79 Å². The van der Waals surface area contributed by atoms with Crippen LogP contribution in [0.4, 0.5) is 0 Å². The molecule has 0 bridgehead atoms. The van der Waals surface area contributed by atoms with E-state index in [4.69, 9.17) is 19.7 Å². The third-order valence-electron chi connectivity index (χ3n) is 2.95. The number of sulfone groups is 1. The average Bonchev–Trinajstić information content (AvgIpc) is 2.58. The lowest BCUT2D eigenvalue weighted by Crippen LogP contribution is -2.06. The third kappa shape index (κ3) is 4.44. The minimum Gasteiger partial charge on any atom is -0.491 e. The van der Waals surface area contributed by atoms with Gasteiger partial charge in [-0.25, -0.2) is 8.42 Å². The maximum absolute atomic E-state index is 12.7. The van der Waals surface area contributed by atoms with Crippen molar-refractivity contribution < 1.29 is 28.1 Å². The van der Waals surface area contributed by atoms with Crippen LogP contribution in [-0.4, -0.2) is 45.1 Å². The van der Waals surface area contributed by atoms with Crippen molar-refractivity contribution in [2.24, 2.45) is 0 Å². The zero-order valence-corrected chi connectivity index (χ0v) is 13.2. The lowest BCUT2D eigenvalue weighted by molar-refractivity contribution is 0.201. The van der Waals surface area contributed by atoms with E-state index in [2.05, 4.69) is 0 Å². The van der Waals surface area contributed by atoms with E-state index in [0.717, 1.165) is 0 Å². The molecule has 0 amide bonds. The standard InChI is InChI=1S/C16H18O6S/c17-7-9-21-13-3-1-5-15(11-13)23(19,20)16-6-2-4-14(12-16)22-10-8-18/h1-6,11-12,17-18H,7-10H2. The molecule has 7 heteroatoms. The Bertz CT molecular complexity index is 684. The predicted molar refractivity (Wildman–Crippen MR) is 83.5 cm³/mol. The summed E-state index contributed by atoms with van der Waals surface area (Å²) in [5.74, 6) is 0.737. The SMILES string of the molecule is O=S(=O)(c1cccc(OCCO)c1)c1cccc(OCCO)c1. The zero-order chi connectivity index (χ0) is 16.7. The van der Waals surface area contributed by atoms with Crippen LogP contribution in [0.1, 0.15) is 0 Å². The third-order valence-corrected chi connectivity index (χ3v) is 4.70. The van der Waals surface area contributed by atoms with E-state index in [1.54, 1.807) is 24.3 Å². The van der Waals surface area contributed by atoms with Gasteiger partial charge in [0.2, 0.25) is 9.84 Å². The topological polar surface area (TPSA) is 93.1 Å². The molecular weight excluding hydrogens is 320 g/mol. The van der Waals surface area contributed by atoms with Gasteiger partial charge in [0.1, 0.15) is 24.7 Å². The average molecular weight is 338 g/mol. The molecule has 23 heavy (non-hydrogen) atoms. The fourth-order valence-electron chi connectivity index (χ4n) is 1.93. The zero-order valence-electron chi connectivity index (χ0n) is 12.4. The van der Waals surface area contributed by atoms with Crippen molar-refractivity contribution in [3.8, 4) is 11.5 Å². The summed E-state index contributed by atoms with van der Waals surface area (Å²) in [6, 6.07) is 12.2. The van der Waals surface area contributed by atoms with Gasteiger partial charge in [0.15, 0.2) is 0 Å². The highest BCUT2D eigenvalue weighted by Crippen LogP contribution is 2.26. The van der Waals surface area contributed by atoms with Gasteiger partial charge in [0, 0.05) is 0 Å². The number of aliphatic hydroxyl groups is 2. The highest BCUT2D eigenvalue weighted by atomic mass is 32.2. The highest BCUT2D eigenvalue weighted by molar-refractivity contribution is 7.91. The molecule has 0 heterocycles. The molecule has 6 nitrogen and oxygen atoms in total. The molecule has 0 atom stereocenters. The summed E-state index contributed by atoms with van der Waals surface area (Å²) >= 11 is 0. The first kappa shape index (κ1) is 17.3. The van der Waals surface area contributed by atoms with Gasteiger partial charge in [-0.1, -0.05) is 12.1 Å².